The van der Waals surface area contributed by atoms with E-state index in [1.165, 1.54) is 12.1 Å². The van der Waals surface area contributed by atoms with Gasteiger partial charge in [-0.3, -0.25) is 4.79 Å². The third-order valence-corrected chi connectivity index (χ3v) is 3.75. The van der Waals surface area contributed by atoms with E-state index in [9.17, 15) is 9.18 Å². The van der Waals surface area contributed by atoms with E-state index in [1.54, 1.807) is 36.3 Å². The van der Waals surface area contributed by atoms with Crippen LogP contribution in [0, 0.1) is 5.82 Å². The highest BCUT2D eigenvalue weighted by Gasteiger charge is 2.20. The molecular weight excluding hydrogens is 289 g/mol. The Labute approximate surface area is 127 Å². The molecule has 0 unspecified atom stereocenters. The van der Waals surface area contributed by atoms with Crippen molar-refractivity contribution in [1.82, 2.24) is 14.9 Å². The van der Waals surface area contributed by atoms with Gasteiger partial charge in [-0.1, -0.05) is 12.1 Å². The maximum atomic E-state index is 13.5. The first-order valence-corrected chi connectivity index (χ1v) is 8.02. The van der Waals surface area contributed by atoms with Gasteiger partial charge in [0.15, 0.2) is 0 Å². The number of aromatic nitrogens is 2. The number of thioether (sulfide) groups is 1. The highest BCUT2D eigenvalue weighted by Crippen LogP contribution is 2.21. The van der Waals surface area contributed by atoms with Gasteiger partial charge in [-0.05, 0) is 24.0 Å². The molecule has 0 saturated carbocycles. The minimum Gasteiger partial charge on any atom is -0.342 e. The maximum Gasteiger partial charge on any atom is 0.221 e. The zero-order valence-corrected chi connectivity index (χ0v) is 12.9. The van der Waals surface area contributed by atoms with E-state index in [1.807, 2.05) is 17.9 Å². The van der Waals surface area contributed by atoms with Crippen molar-refractivity contribution in [2.45, 2.75) is 12.5 Å². The van der Waals surface area contributed by atoms with Crippen LogP contribution >= 0.6 is 11.8 Å². The predicted molar refractivity (Wildman–Crippen MR) is 82.6 cm³/mol. The Morgan fingerprint density at radius 3 is 2.95 bits per heavy atom. The number of benzene rings is 1. The Morgan fingerprint density at radius 2 is 2.33 bits per heavy atom. The smallest absolute Gasteiger partial charge is 0.221 e. The Balaban J connectivity index is 2.27. The van der Waals surface area contributed by atoms with Gasteiger partial charge in [-0.15, -0.1) is 0 Å². The van der Waals surface area contributed by atoms with Crippen LogP contribution in [0.4, 0.5) is 4.39 Å². The number of carbonyl (C=O) groups is 1. The molecule has 0 spiro atoms. The molecule has 0 bridgehead atoms. The number of nitrogens with zero attached hydrogens (tertiary/aromatic N) is 2. The fourth-order valence-corrected chi connectivity index (χ4v) is 2.46. The molecule has 0 saturated heterocycles. The Bertz CT molecular complexity index is 614. The monoisotopic (exact) mass is 307 g/mol. The SMILES string of the molecule is CSCCC(=O)N[C@@H](c1cccc(F)c1)c1nccn1C. The van der Waals surface area contributed by atoms with Crippen LogP contribution in [-0.2, 0) is 11.8 Å². The van der Waals surface area contributed by atoms with Gasteiger partial charge in [0.25, 0.3) is 0 Å². The third kappa shape index (κ3) is 4.07. The van der Waals surface area contributed by atoms with Gasteiger partial charge >= 0.3 is 0 Å². The van der Waals surface area contributed by atoms with E-state index in [2.05, 4.69) is 10.3 Å². The van der Waals surface area contributed by atoms with Crippen molar-refractivity contribution in [3.05, 3.63) is 53.9 Å². The fraction of sp³-hybridized carbons (Fsp3) is 0.333. The lowest BCUT2D eigenvalue weighted by molar-refractivity contribution is -0.121. The quantitative estimate of drug-likeness (QED) is 0.892. The van der Waals surface area contributed by atoms with Gasteiger partial charge in [0.1, 0.15) is 17.7 Å². The fourth-order valence-electron chi connectivity index (χ4n) is 2.07. The van der Waals surface area contributed by atoms with Crippen LogP contribution < -0.4 is 5.32 Å². The largest absolute Gasteiger partial charge is 0.342 e. The molecule has 1 heterocycles. The molecular formula is C15H18FN3OS. The molecule has 1 atom stereocenters. The van der Waals surface area contributed by atoms with E-state index < -0.39 is 6.04 Å². The highest BCUT2D eigenvalue weighted by molar-refractivity contribution is 7.98. The van der Waals surface area contributed by atoms with Gasteiger partial charge in [-0.2, -0.15) is 11.8 Å². The van der Waals surface area contributed by atoms with Crippen LogP contribution in [0.25, 0.3) is 0 Å². The summed E-state index contributed by atoms with van der Waals surface area (Å²) in [6, 6.07) is 5.78. The summed E-state index contributed by atoms with van der Waals surface area (Å²) in [5.74, 6) is 1.03. The Hall–Kier alpha value is -1.82. The first-order valence-electron chi connectivity index (χ1n) is 6.63. The molecule has 0 aliphatic rings. The molecule has 1 amide bonds. The number of aryl methyl sites for hydroxylation is 1. The number of halogens is 1. The zero-order chi connectivity index (χ0) is 15.2. The minimum absolute atomic E-state index is 0.0680. The van der Waals surface area contributed by atoms with Gasteiger partial charge in [0.2, 0.25) is 5.91 Å². The average molecular weight is 307 g/mol. The van der Waals surface area contributed by atoms with Gasteiger partial charge in [-0.25, -0.2) is 9.37 Å². The lowest BCUT2D eigenvalue weighted by Gasteiger charge is -2.19. The molecule has 0 radical (unpaired) electrons. The molecule has 112 valence electrons. The van der Waals surface area contributed by atoms with E-state index in [0.29, 0.717) is 17.8 Å². The van der Waals surface area contributed by atoms with Crippen molar-refractivity contribution in [3.63, 3.8) is 0 Å². The Kier molecular flexibility index (Phi) is 5.38. The van der Waals surface area contributed by atoms with Crippen LogP contribution in [0.2, 0.25) is 0 Å². The van der Waals surface area contributed by atoms with Gasteiger partial charge in [0, 0.05) is 31.6 Å². The van der Waals surface area contributed by atoms with Crippen molar-refractivity contribution in [3.8, 4) is 0 Å². The average Bonchev–Trinajstić information content (AvgIpc) is 2.88. The standard InChI is InChI=1S/C15H18FN3OS/c1-19-8-7-17-15(19)14(18-13(20)6-9-21-2)11-4-3-5-12(16)10-11/h3-5,7-8,10,14H,6,9H2,1-2H3,(H,18,20)/t14-/m0/s1. The number of hydrogen-bond acceptors (Lipinski definition) is 3. The van der Waals surface area contributed by atoms with Crippen LogP contribution in [0.3, 0.4) is 0 Å². The molecule has 6 heteroatoms. The number of imidazole rings is 1. The topological polar surface area (TPSA) is 46.9 Å². The van der Waals surface area contributed by atoms with E-state index in [-0.39, 0.29) is 11.7 Å². The predicted octanol–water partition coefficient (Wildman–Crippen LogP) is 2.52. The first-order chi connectivity index (χ1) is 10.1. The second-order valence-electron chi connectivity index (χ2n) is 4.69. The molecule has 1 N–H and O–H groups in total. The van der Waals surface area contributed by atoms with Crippen molar-refractivity contribution < 1.29 is 9.18 Å². The van der Waals surface area contributed by atoms with E-state index in [4.69, 9.17) is 0 Å². The molecule has 2 rings (SSSR count). The molecule has 1 aromatic heterocycles. The summed E-state index contributed by atoms with van der Waals surface area (Å²) in [4.78, 5) is 16.3. The summed E-state index contributed by atoms with van der Waals surface area (Å²) >= 11 is 1.61. The third-order valence-electron chi connectivity index (χ3n) is 3.14. The number of nitrogens with one attached hydrogen (secondary N) is 1. The molecule has 2 aromatic rings. The number of carbonyl (C=O) groups excluding carboxylic acids is 1. The van der Waals surface area contributed by atoms with E-state index in [0.717, 1.165) is 5.75 Å². The van der Waals surface area contributed by atoms with Crippen molar-refractivity contribution in [2.75, 3.05) is 12.0 Å². The molecule has 4 nitrogen and oxygen atoms in total. The molecule has 0 aliphatic carbocycles. The van der Waals surface area contributed by atoms with Gasteiger partial charge < -0.3 is 9.88 Å². The summed E-state index contributed by atoms with van der Waals surface area (Å²) in [6.45, 7) is 0. The molecule has 1 aromatic carbocycles. The normalized spacial score (nSPS) is 12.1. The molecule has 0 fully saturated rings. The van der Waals surface area contributed by atoms with Crippen LogP contribution in [-0.4, -0.2) is 27.5 Å². The number of rotatable bonds is 6. The molecule has 0 aliphatic heterocycles. The lowest BCUT2D eigenvalue weighted by Crippen LogP contribution is -2.31. The zero-order valence-electron chi connectivity index (χ0n) is 12.0. The Morgan fingerprint density at radius 1 is 1.52 bits per heavy atom. The van der Waals surface area contributed by atoms with Crippen LogP contribution in [0.15, 0.2) is 36.7 Å². The summed E-state index contributed by atoms with van der Waals surface area (Å²) < 4.78 is 15.3. The maximum absolute atomic E-state index is 13.5. The second kappa shape index (κ2) is 7.26. The highest BCUT2D eigenvalue weighted by atomic mass is 32.2. The number of amides is 1. The van der Waals surface area contributed by atoms with Gasteiger partial charge in [0.05, 0.1) is 0 Å². The lowest BCUT2D eigenvalue weighted by atomic mass is 10.1. The summed E-state index contributed by atoms with van der Waals surface area (Å²) in [5.41, 5.74) is 0.682. The molecule has 21 heavy (non-hydrogen) atoms. The van der Waals surface area contributed by atoms with Crippen molar-refractivity contribution in [1.29, 1.82) is 0 Å². The summed E-state index contributed by atoms with van der Waals surface area (Å²) in [5, 5.41) is 2.94. The van der Waals surface area contributed by atoms with Crippen molar-refractivity contribution in [2.24, 2.45) is 7.05 Å². The minimum atomic E-state index is -0.449. The van der Waals surface area contributed by atoms with Crippen LogP contribution in [0.1, 0.15) is 23.9 Å². The van der Waals surface area contributed by atoms with Crippen LogP contribution in [0.5, 0.6) is 0 Å². The van der Waals surface area contributed by atoms with Crippen molar-refractivity contribution >= 4 is 17.7 Å². The summed E-state index contributed by atoms with van der Waals surface area (Å²) in [6.07, 6.45) is 5.85. The number of hydrogen-bond donors (Lipinski definition) is 1. The van der Waals surface area contributed by atoms with E-state index >= 15 is 0 Å². The first kappa shape index (κ1) is 15.6. The summed E-state index contributed by atoms with van der Waals surface area (Å²) in [7, 11) is 1.85. The second-order valence-corrected chi connectivity index (χ2v) is 5.68.